The molecule has 3 heteroatoms. The van der Waals surface area contributed by atoms with Gasteiger partial charge in [-0.25, -0.2) is 0 Å². The van der Waals surface area contributed by atoms with Crippen LogP contribution in [0.4, 0.5) is 0 Å². The molecule has 1 unspecified atom stereocenters. The summed E-state index contributed by atoms with van der Waals surface area (Å²) in [5, 5.41) is 0. The molecule has 0 saturated carbocycles. The molecule has 0 spiro atoms. The molecule has 1 atom stereocenters. The molecule has 0 aromatic heterocycles. The largest absolute Gasteiger partial charge is 0.458 e. The van der Waals surface area contributed by atoms with Crippen LogP contribution in [0.25, 0.3) is 0 Å². The zero-order valence-corrected chi connectivity index (χ0v) is 12.6. The van der Waals surface area contributed by atoms with Crippen LogP contribution < -0.4 is 0 Å². The molecule has 0 fully saturated rings. The molecule has 3 nitrogen and oxygen atoms in total. The van der Waals surface area contributed by atoms with Gasteiger partial charge in [0.25, 0.3) is 0 Å². The lowest BCUT2D eigenvalue weighted by atomic mass is 9.68. The summed E-state index contributed by atoms with van der Waals surface area (Å²) in [6, 6.07) is 0. The lowest BCUT2D eigenvalue weighted by Gasteiger charge is -2.39. The summed E-state index contributed by atoms with van der Waals surface area (Å²) >= 11 is 0. The number of hydrogen-bond donors (Lipinski definition) is 0. The Morgan fingerprint density at radius 3 is 2.42 bits per heavy atom. The van der Waals surface area contributed by atoms with Gasteiger partial charge in [-0.1, -0.05) is 20.4 Å². The molecule has 1 rings (SSSR count). The zero-order chi connectivity index (χ0) is 14.8. The van der Waals surface area contributed by atoms with Gasteiger partial charge in [-0.3, -0.25) is 9.59 Å². The topological polar surface area (TPSA) is 43.4 Å². The molecule has 19 heavy (non-hydrogen) atoms. The maximum atomic E-state index is 11.3. The molecule has 1 aliphatic carbocycles. The average Bonchev–Trinajstić information content (AvgIpc) is 2.20. The van der Waals surface area contributed by atoms with Crippen molar-refractivity contribution < 1.29 is 14.3 Å². The van der Waals surface area contributed by atoms with E-state index in [1.165, 1.54) is 6.92 Å². The second kappa shape index (κ2) is 5.72. The molecule has 0 aromatic rings. The summed E-state index contributed by atoms with van der Waals surface area (Å²) in [5.74, 6) is -0.156. The first-order valence-corrected chi connectivity index (χ1v) is 6.71. The van der Waals surface area contributed by atoms with E-state index in [-0.39, 0.29) is 23.3 Å². The summed E-state index contributed by atoms with van der Waals surface area (Å²) in [6.45, 7) is 13.3. The van der Waals surface area contributed by atoms with Crippen molar-refractivity contribution in [3.05, 3.63) is 23.3 Å². The molecule has 0 N–H and O–H groups in total. The van der Waals surface area contributed by atoms with Gasteiger partial charge in [0, 0.05) is 13.3 Å². The minimum atomic E-state index is -0.263. The van der Waals surface area contributed by atoms with Gasteiger partial charge in [0.05, 0.1) is 0 Å². The van der Waals surface area contributed by atoms with E-state index in [1.807, 2.05) is 6.92 Å². The molecule has 0 bridgehead atoms. The summed E-state index contributed by atoms with van der Waals surface area (Å²) in [7, 11) is 0. The minimum absolute atomic E-state index is 0.0206. The highest BCUT2D eigenvalue weighted by molar-refractivity contribution is 5.79. The minimum Gasteiger partial charge on any atom is -0.458 e. The number of rotatable bonds is 4. The fourth-order valence-corrected chi connectivity index (χ4v) is 3.02. The second-order valence-corrected chi connectivity index (χ2v) is 6.06. The van der Waals surface area contributed by atoms with E-state index in [1.54, 1.807) is 6.92 Å². The fraction of sp³-hybridized carbons (Fsp3) is 0.625. The van der Waals surface area contributed by atoms with Crippen LogP contribution in [0.5, 0.6) is 0 Å². The second-order valence-electron chi connectivity index (χ2n) is 6.06. The fourth-order valence-electron chi connectivity index (χ4n) is 3.02. The molecule has 0 aromatic carbocycles. The van der Waals surface area contributed by atoms with Crippen molar-refractivity contribution in [3.63, 3.8) is 0 Å². The van der Waals surface area contributed by atoms with Gasteiger partial charge >= 0.3 is 5.97 Å². The standard InChI is InChI=1S/C16H24O3/c1-10(9-11(2)17)15-12(3)14(19-13(4)18)7-8-16(15,5)6/h14H,1,7-9H2,2-6H3. The van der Waals surface area contributed by atoms with Crippen molar-refractivity contribution in [1.29, 1.82) is 0 Å². The Balaban J connectivity index is 3.12. The maximum absolute atomic E-state index is 11.3. The number of Topliss-reactive ketones (excluding diaryl/α,β-unsaturated/α-hetero) is 1. The Labute approximate surface area is 115 Å². The Bertz CT molecular complexity index is 441. The first-order valence-electron chi connectivity index (χ1n) is 6.71. The van der Waals surface area contributed by atoms with Gasteiger partial charge < -0.3 is 4.74 Å². The van der Waals surface area contributed by atoms with Gasteiger partial charge in [-0.15, -0.1) is 0 Å². The van der Waals surface area contributed by atoms with Crippen LogP contribution in [0.1, 0.15) is 53.9 Å². The number of carbonyl (C=O) groups excluding carboxylic acids is 2. The first-order chi connectivity index (χ1) is 8.65. The van der Waals surface area contributed by atoms with Crippen LogP contribution in [0.2, 0.25) is 0 Å². The van der Waals surface area contributed by atoms with E-state index in [4.69, 9.17) is 4.74 Å². The summed E-state index contributed by atoms with van der Waals surface area (Å²) < 4.78 is 5.36. The predicted molar refractivity (Wildman–Crippen MR) is 75.7 cm³/mol. The number of ether oxygens (including phenoxy) is 1. The quantitative estimate of drug-likeness (QED) is 0.729. The van der Waals surface area contributed by atoms with Crippen LogP contribution in [0.15, 0.2) is 23.3 Å². The summed E-state index contributed by atoms with van der Waals surface area (Å²) in [4.78, 5) is 22.5. The molecule has 0 saturated heterocycles. The smallest absolute Gasteiger partial charge is 0.303 e. The van der Waals surface area contributed by atoms with Crippen LogP contribution in [0.3, 0.4) is 0 Å². The van der Waals surface area contributed by atoms with Gasteiger partial charge in [-0.2, -0.15) is 0 Å². The van der Waals surface area contributed by atoms with Crippen molar-refractivity contribution >= 4 is 11.8 Å². The Morgan fingerprint density at radius 1 is 1.37 bits per heavy atom. The van der Waals surface area contributed by atoms with Crippen molar-refractivity contribution in [2.24, 2.45) is 5.41 Å². The van der Waals surface area contributed by atoms with E-state index in [9.17, 15) is 9.59 Å². The van der Waals surface area contributed by atoms with E-state index < -0.39 is 0 Å². The normalized spacial score (nSPS) is 22.1. The molecule has 0 radical (unpaired) electrons. The predicted octanol–water partition coefficient (Wildman–Crippen LogP) is 3.59. The van der Waals surface area contributed by atoms with E-state index in [2.05, 4.69) is 20.4 Å². The summed E-state index contributed by atoms with van der Waals surface area (Å²) in [5.41, 5.74) is 2.97. The molecule has 0 amide bonds. The highest BCUT2D eigenvalue weighted by Gasteiger charge is 2.35. The third-order valence-electron chi connectivity index (χ3n) is 3.71. The molecular formula is C16H24O3. The Hall–Kier alpha value is -1.38. The average molecular weight is 264 g/mol. The van der Waals surface area contributed by atoms with Gasteiger partial charge in [0.15, 0.2) is 0 Å². The Kier molecular flexibility index (Phi) is 4.72. The van der Waals surface area contributed by atoms with E-state index in [0.717, 1.165) is 29.6 Å². The number of allylic oxidation sites excluding steroid dienone is 2. The molecule has 0 heterocycles. The molecule has 106 valence electrons. The zero-order valence-electron chi connectivity index (χ0n) is 12.6. The Morgan fingerprint density at radius 2 is 1.95 bits per heavy atom. The van der Waals surface area contributed by atoms with E-state index in [0.29, 0.717) is 6.42 Å². The lowest BCUT2D eigenvalue weighted by Crippen LogP contribution is -2.31. The molecule has 0 aliphatic heterocycles. The maximum Gasteiger partial charge on any atom is 0.303 e. The van der Waals surface area contributed by atoms with Crippen LogP contribution in [-0.2, 0) is 14.3 Å². The van der Waals surface area contributed by atoms with Gasteiger partial charge in [-0.05, 0) is 48.8 Å². The van der Waals surface area contributed by atoms with E-state index >= 15 is 0 Å². The van der Waals surface area contributed by atoms with Crippen molar-refractivity contribution in [3.8, 4) is 0 Å². The first kappa shape index (κ1) is 15.7. The highest BCUT2D eigenvalue weighted by atomic mass is 16.5. The third kappa shape index (κ3) is 3.79. The SMILES string of the molecule is C=C(CC(C)=O)C1=C(C)C(OC(C)=O)CCC1(C)C. The lowest BCUT2D eigenvalue weighted by molar-refractivity contribution is -0.145. The molecule has 1 aliphatic rings. The van der Waals surface area contributed by atoms with Crippen molar-refractivity contribution in [1.82, 2.24) is 0 Å². The summed E-state index contributed by atoms with van der Waals surface area (Å²) in [6.07, 6.45) is 1.94. The highest BCUT2D eigenvalue weighted by Crippen LogP contribution is 2.44. The number of hydrogen-bond acceptors (Lipinski definition) is 3. The third-order valence-corrected chi connectivity index (χ3v) is 3.71. The molecular weight excluding hydrogens is 240 g/mol. The van der Waals surface area contributed by atoms with Gasteiger partial charge in [0.2, 0.25) is 0 Å². The number of carbonyl (C=O) groups is 2. The van der Waals surface area contributed by atoms with Crippen LogP contribution in [0, 0.1) is 5.41 Å². The monoisotopic (exact) mass is 264 g/mol. The van der Waals surface area contributed by atoms with Crippen LogP contribution in [-0.4, -0.2) is 17.9 Å². The van der Waals surface area contributed by atoms with Crippen molar-refractivity contribution in [2.45, 2.75) is 60.0 Å². The number of esters is 1. The van der Waals surface area contributed by atoms with Crippen molar-refractivity contribution in [2.75, 3.05) is 0 Å². The number of ketones is 1. The van der Waals surface area contributed by atoms with Gasteiger partial charge in [0.1, 0.15) is 11.9 Å². The van der Waals surface area contributed by atoms with Crippen LogP contribution >= 0.6 is 0 Å².